The second-order valence-corrected chi connectivity index (χ2v) is 0.920. The molecular weight excluding hydrogens is 155 g/mol. The molecule has 0 aliphatic rings. The van der Waals surface area contributed by atoms with E-state index in [0.717, 1.165) is 6.61 Å². The van der Waals surface area contributed by atoms with Gasteiger partial charge in [0, 0.05) is 0 Å². The van der Waals surface area contributed by atoms with Gasteiger partial charge in [0.15, 0.2) is 0 Å². The first-order chi connectivity index (χ1) is 2.41. The maximum absolute atomic E-state index is 4.66. The van der Waals surface area contributed by atoms with E-state index in [1.54, 1.807) is 4.80 Å². The Hall–Kier alpha value is 0.453. The molecule has 0 aliphatic heterocycles. The normalized spacial score (nSPS) is 7.60. The second-order valence-electron chi connectivity index (χ2n) is 0.534. The molecule has 0 spiro atoms. The first-order valence-corrected chi connectivity index (χ1v) is 2.37. The minimum atomic E-state index is 0.761. The SMILES string of the molecule is CCO[CH]=[Rh]. The van der Waals surface area contributed by atoms with Crippen molar-refractivity contribution in [1.29, 1.82) is 0 Å². The number of ether oxygens (including phenoxy) is 1. The summed E-state index contributed by atoms with van der Waals surface area (Å²) in [4.78, 5) is 1.57. The molecule has 0 saturated carbocycles. The Bertz CT molecular complexity index is 28.1. The second kappa shape index (κ2) is 4.45. The van der Waals surface area contributed by atoms with Gasteiger partial charge in [-0.15, -0.1) is 0 Å². The summed E-state index contributed by atoms with van der Waals surface area (Å²) in [6, 6.07) is 0. The molecule has 33 valence electrons. The number of rotatable bonds is 2. The summed E-state index contributed by atoms with van der Waals surface area (Å²) >= 11 is 2.51. The molecule has 0 N–H and O–H groups in total. The molecule has 0 aromatic heterocycles. The summed E-state index contributed by atoms with van der Waals surface area (Å²) in [7, 11) is 0. The molecule has 0 radical (unpaired) electrons. The molecule has 0 aromatic rings. The predicted octanol–water partition coefficient (Wildman–Crippen LogP) is 0.329. The van der Waals surface area contributed by atoms with Gasteiger partial charge in [-0.1, -0.05) is 0 Å². The maximum atomic E-state index is 4.66. The van der Waals surface area contributed by atoms with E-state index in [1.165, 1.54) is 0 Å². The number of hydrogen-bond acceptors (Lipinski definition) is 1. The van der Waals surface area contributed by atoms with Crippen LogP contribution >= 0.6 is 0 Å². The van der Waals surface area contributed by atoms with E-state index in [1.807, 2.05) is 6.92 Å². The van der Waals surface area contributed by atoms with E-state index in [2.05, 4.69) is 22.6 Å². The summed E-state index contributed by atoms with van der Waals surface area (Å²) in [6.07, 6.45) is 0. The van der Waals surface area contributed by atoms with Crippen LogP contribution in [0.2, 0.25) is 0 Å². The van der Waals surface area contributed by atoms with Crippen molar-refractivity contribution in [3.05, 3.63) is 0 Å². The van der Waals surface area contributed by atoms with Crippen molar-refractivity contribution in [3.63, 3.8) is 0 Å². The molecule has 0 aliphatic carbocycles. The average Bonchev–Trinajstić information content (AvgIpc) is 1.41. The summed E-state index contributed by atoms with van der Waals surface area (Å²) in [5.41, 5.74) is 0. The summed E-state index contributed by atoms with van der Waals surface area (Å²) in [6.45, 7) is 2.70. The quantitative estimate of drug-likeness (QED) is 0.530. The van der Waals surface area contributed by atoms with Crippen molar-refractivity contribution < 1.29 is 22.6 Å². The van der Waals surface area contributed by atoms with Gasteiger partial charge in [0.2, 0.25) is 0 Å². The van der Waals surface area contributed by atoms with Gasteiger partial charge in [-0.3, -0.25) is 0 Å². The summed E-state index contributed by atoms with van der Waals surface area (Å²) in [5, 5.41) is 0. The van der Waals surface area contributed by atoms with Gasteiger partial charge in [0.05, 0.1) is 0 Å². The van der Waals surface area contributed by atoms with E-state index < -0.39 is 0 Å². The van der Waals surface area contributed by atoms with Gasteiger partial charge in [-0.2, -0.15) is 0 Å². The van der Waals surface area contributed by atoms with Gasteiger partial charge in [-0.25, -0.2) is 0 Å². The van der Waals surface area contributed by atoms with Crippen LogP contribution in [0.3, 0.4) is 0 Å². The Kier molecular flexibility index (Phi) is 4.86. The van der Waals surface area contributed by atoms with Gasteiger partial charge < -0.3 is 0 Å². The molecule has 0 aromatic carbocycles. The Labute approximate surface area is 41.5 Å². The molecule has 0 saturated heterocycles. The van der Waals surface area contributed by atoms with E-state index in [4.69, 9.17) is 0 Å². The fourth-order valence-electron chi connectivity index (χ4n) is 0.0556. The molecule has 0 bridgehead atoms. The first kappa shape index (κ1) is 5.45. The van der Waals surface area contributed by atoms with Crippen molar-refractivity contribution in [3.8, 4) is 0 Å². The standard InChI is InChI=1S/C3H6O.Rh/c1-3-4-2;/h2H,3H2,1H3;. The zero-order valence-corrected chi connectivity index (χ0v) is 4.66. The molecular formula is C3H6ORh. The molecule has 2 heteroatoms. The van der Waals surface area contributed by atoms with Crippen molar-refractivity contribution >= 4 is 4.80 Å². The molecule has 0 amide bonds. The van der Waals surface area contributed by atoms with Crippen LogP contribution in [0.5, 0.6) is 0 Å². The van der Waals surface area contributed by atoms with Gasteiger partial charge in [-0.05, 0) is 0 Å². The van der Waals surface area contributed by atoms with Crippen LogP contribution in [0.15, 0.2) is 0 Å². The van der Waals surface area contributed by atoms with Crippen molar-refractivity contribution in [2.45, 2.75) is 6.92 Å². The summed E-state index contributed by atoms with van der Waals surface area (Å²) < 4.78 is 4.66. The van der Waals surface area contributed by atoms with Crippen LogP contribution in [-0.2, 0) is 22.6 Å². The average molecular weight is 161 g/mol. The summed E-state index contributed by atoms with van der Waals surface area (Å²) in [5.74, 6) is 0. The molecule has 0 rings (SSSR count). The van der Waals surface area contributed by atoms with Crippen LogP contribution in [0.25, 0.3) is 0 Å². The van der Waals surface area contributed by atoms with E-state index in [0.29, 0.717) is 0 Å². The van der Waals surface area contributed by atoms with Crippen molar-refractivity contribution in [2.24, 2.45) is 0 Å². The first-order valence-electron chi connectivity index (χ1n) is 1.42. The van der Waals surface area contributed by atoms with E-state index in [-0.39, 0.29) is 0 Å². The third-order valence-corrected chi connectivity index (χ3v) is 0.495. The van der Waals surface area contributed by atoms with Crippen molar-refractivity contribution in [1.82, 2.24) is 0 Å². The van der Waals surface area contributed by atoms with E-state index in [9.17, 15) is 0 Å². The van der Waals surface area contributed by atoms with Crippen LogP contribution in [0.1, 0.15) is 6.92 Å². The zero-order chi connectivity index (χ0) is 4.12. The Morgan fingerprint density at radius 2 is 2.60 bits per heavy atom. The fraction of sp³-hybridized carbons (Fsp3) is 0.667. The zero-order valence-electron chi connectivity index (χ0n) is 3.03. The molecule has 0 unspecified atom stereocenters. The Balaban J connectivity index is 2.40. The van der Waals surface area contributed by atoms with Crippen LogP contribution < -0.4 is 0 Å². The van der Waals surface area contributed by atoms with E-state index >= 15 is 0 Å². The Morgan fingerprint density at radius 3 is 2.60 bits per heavy atom. The monoisotopic (exact) mass is 161 g/mol. The molecule has 0 atom stereocenters. The van der Waals surface area contributed by atoms with Crippen molar-refractivity contribution in [2.75, 3.05) is 6.61 Å². The van der Waals surface area contributed by atoms with Crippen LogP contribution in [0.4, 0.5) is 0 Å². The van der Waals surface area contributed by atoms with Crippen LogP contribution in [-0.4, -0.2) is 11.4 Å². The Morgan fingerprint density at radius 1 is 2.00 bits per heavy atom. The topological polar surface area (TPSA) is 9.23 Å². The third-order valence-electron chi connectivity index (χ3n) is 0.222. The van der Waals surface area contributed by atoms with Gasteiger partial charge >= 0.3 is 40.9 Å². The molecule has 1 nitrogen and oxygen atoms in total. The van der Waals surface area contributed by atoms with Gasteiger partial charge in [0.25, 0.3) is 0 Å². The minimum absolute atomic E-state index is 0.761. The van der Waals surface area contributed by atoms with Crippen LogP contribution in [0, 0.1) is 0 Å². The molecule has 5 heavy (non-hydrogen) atoms. The molecule has 0 fully saturated rings. The number of hydrogen-bond donors (Lipinski definition) is 0. The third kappa shape index (κ3) is 4.45. The van der Waals surface area contributed by atoms with Gasteiger partial charge in [0.1, 0.15) is 0 Å². The molecule has 0 heterocycles. The predicted molar refractivity (Wildman–Crippen MR) is 17.7 cm³/mol. The fourth-order valence-corrected chi connectivity index (χ4v) is 0.329.